The summed E-state index contributed by atoms with van der Waals surface area (Å²) in [6.45, 7) is -0.697. The molecule has 0 bridgehead atoms. The van der Waals surface area contributed by atoms with Crippen molar-refractivity contribution in [2.45, 2.75) is 18.7 Å². The van der Waals surface area contributed by atoms with Crippen molar-refractivity contribution in [3.8, 4) is 0 Å². The lowest BCUT2D eigenvalue weighted by atomic mass is 10.3. The predicted molar refractivity (Wildman–Crippen MR) is 23.8 cm³/mol. The summed E-state index contributed by atoms with van der Waals surface area (Å²) < 4.78 is 34.5. The molecule has 0 aliphatic heterocycles. The fraction of sp³-hybridized carbons (Fsp3) is 1.00. The summed E-state index contributed by atoms with van der Waals surface area (Å²) >= 11 is 0. The Hall–Kier alpha value is -0.290. The van der Waals surface area contributed by atoms with Gasteiger partial charge in [-0.15, -0.1) is 0 Å². The summed E-state index contributed by atoms with van der Waals surface area (Å²) in [7, 11) is 0. The van der Waals surface area contributed by atoms with Gasteiger partial charge >= 0.3 is 6.11 Å². The fourth-order valence-electron chi connectivity index (χ4n) is 0.287. The predicted octanol–water partition coefficient (Wildman–Crippen LogP) is 0.292. The number of halogens is 3. The van der Waals surface area contributed by atoms with Gasteiger partial charge in [-0.3, -0.25) is 0 Å². The summed E-state index contributed by atoms with van der Waals surface area (Å²) in [5.74, 6) is 0. The van der Waals surface area contributed by atoms with E-state index in [1.807, 2.05) is 0 Å². The molecule has 0 saturated carbocycles. The van der Waals surface area contributed by atoms with Gasteiger partial charge in [0.2, 0.25) is 0 Å². The molecule has 0 saturated heterocycles. The standard InChI is InChI=1S/C4H7F3O2/c5-3(1-2-8)4(6,7)9/h3,8-9H,1-2H2. The lowest BCUT2D eigenvalue weighted by Gasteiger charge is -2.11. The number of aliphatic hydroxyl groups excluding tert-OH is 1. The Bertz CT molecular complexity index is 80.4. The quantitative estimate of drug-likeness (QED) is 0.597. The van der Waals surface area contributed by atoms with E-state index in [9.17, 15) is 13.2 Å². The van der Waals surface area contributed by atoms with Crippen LogP contribution in [-0.2, 0) is 0 Å². The maximum absolute atomic E-state index is 11.8. The van der Waals surface area contributed by atoms with E-state index in [4.69, 9.17) is 10.2 Å². The van der Waals surface area contributed by atoms with Gasteiger partial charge in [-0.05, 0) is 0 Å². The summed E-state index contributed by atoms with van der Waals surface area (Å²) in [6, 6.07) is 0. The van der Waals surface area contributed by atoms with Crippen LogP contribution in [0, 0.1) is 0 Å². The summed E-state index contributed by atoms with van der Waals surface area (Å²) in [6.07, 6.45) is -7.73. The maximum Gasteiger partial charge on any atom is 0.384 e. The van der Waals surface area contributed by atoms with Crippen molar-refractivity contribution >= 4 is 0 Å². The first-order valence-corrected chi connectivity index (χ1v) is 2.33. The Balaban J connectivity index is 3.59. The van der Waals surface area contributed by atoms with Gasteiger partial charge in [0.15, 0.2) is 6.17 Å². The molecule has 0 aromatic rings. The molecule has 0 heterocycles. The van der Waals surface area contributed by atoms with Crippen molar-refractivity contribution in [3.05, 3.63) is 0 Å². The van der Waals surface area contributed by atoms with Gasteiger partial charge in [-0.1, -0.05) is 0 Å². The molecule has 0 rings (SSSR count). The zero-order valence-electron chi connectivity index (χ0n) is 4.52. The average molecular weight is 144 g/mol. The molecule has 9 heavy (non-hydrogen) atoms. The molecule has 0 amide bonds. The van der Waals surface area contributed by atoms with E-state index >= 15 is 0 Å². The van der Waals surface area contributed by atoms with Crippen molar-refractivity contribution in [1.29, 1.82) is 0 Å². The number of hydrogen-bond acceptors (Lipinski definition) is 2. The number of hydrogen-bond donors (Lipinski definition) is 2. The molecule has 2 nitrogen and oxygen atoms in total. The Morgan fingerprint density at radius 1 is 1.44 bits per heavy atom. The van der Waals surface area contributed by atoms with E-state index in [1.165, 1.54) is 0 Å². The molecule has 2 N–H and O–H groups in total. The lowest BCUT2D eigenvalue weighted by molar-refractivity contribution is -0.242. The van der Waals surface area contributed by atoms with Gasteiger partial charge in [0, 0.05) is 13.0 Å². The van der Waals surface area contributed by atoms with Gasteiger partial charge < -0.3 is 10.2 Å². The third-order valence-corrected chi connectivity index (χ3v) is 0.759. The summed E-state index contributed by atoms with van der Waals surface area (Å²) in [4.78, 5) is 0. The van der Waals surface area contributed by atoms with E-state index in [-0.39, 0.29) is 0 Å². The van der Waals surface area contributed by atoms with Crippen LogP contribution < -0.4 is 0 Å². The molecular formula is C4H7F3O2. The minimum atomic E-state index is -4.32. The Morgan fingerprint density at radius 3 is 2.00 bits per heavy atom. The van der Waals surface area contributed by atoms with E-state index in [2.05, 4.69) is 0 Å². The molecular weight excluding hydrogens is 137 g/mol. The molecule has 0 radical (unpaired) electrons. The number of aliphatic hydroxyl groups is 2. The maximum atomic E-state index is 11.8. The molecule has 0 spiro atoms. The SMILES string of the molecule is OCCC(F)C(O)(F)F. The molecule has 5 heteroatoms. The first-order chi connectivity index (χ1) is 3.98. The second kappa shape index (κ2) is 3.03. The van der Waals surface area contributed by atoms with Gasteiger partial charge in [0.05, 0.1) is 0 Å². The van der Waals surface area contributed by atoms with Gasteiger partial charge in [-0.2, -0.15) is 8.78 Å². The molecule has 0 aliphatic rings. The fourth-order valence-corrected chi connectivity index (χ4v) is 0.287. The zero-order valence-corrected chi connectivity index (χ0v) is 4.52. The highest BCUT2D eigenvalue weighted by molar-refractivity contribution is 4.63. The van der Waals surface area contributed by atoms with Crippen LogP contribution in [0.1, 0.15) is 6.42 Å². The minimum Gasteiger partial charge on any atom is -0.396 e. The Morgan fingerprint density at radius 2 is 1.89 bits per heavy atom. The van der Waals surface area contributed by atoms with Crippen LogP contribution in [0.25, 0.3) is 0 Å². The second-order valence-electron chi connectivity index (χ2n) is 1.57. The van der Waals surface area contributed by atoms with Crippen LogP contribution in [0.15, 0.2) is 0 Å². The Labute approximate surface area is 49.9 Å². The molecule has 0 fully saturated rings. The van der Waals surface area contributed by atoms with Crippen LogP contribution in [-0.4, -0.2) is 29.1 Å². The Kier molecular flexibility index (Phi) is 2.93. The average Bonchev–Trinajstić information content (AvgIpc) is 1.64. The van der Waals surface area contributed by atoms with Gasteiger partial charge in [0.1, 0.15) is 0 Å². The van der Waals surface area contributed by atoms with E-state index in [1.54, 1.807) is 0 Å². The summed E-state index contributed by atoms with van der Waals surface area (Å²) in [5, 5.41) is 15.5. The monoisotopic (exact) mass is 144 g/mol. The van der Waals surface area contributed by atoms with Crippen LogP contribution in [0.3, 0.4) is 0 Å². The first-order valence-electron chi connectivity index (χ1n) is 2.33. The lowest BCUT2D eigenvalue weighted by Crippen LogP contribution is -2.29. The van der Waals surface area contributed by atoms with E-state index in [0.29, 0.717) is 0 Å². The van der Waals surface area contributed by atoms with Crippen molar-refractivity contribution < 1.29 is 23.4 Å². The second-order valence-corrected chi connectivity index (χ2v) is 1.57. The summed E-state index contributed by atoms with van der Waals surface area (Å²) in [5.41, 5.74) is 0. The largest absolute Gasteiger partial charge is 0.396 e. The van der Waals surface area contributed by atoms with E-state index in [0.717, 1.165) is 0 Å². The van der Waals surface area contributed by atoms with Crippen LogP contribution >= 0.6 is 0 Å². The van der Waals surface area contributed by atoms with Gasteiger partial charge in [-0.25, -0.2) is 4.39 Å². The number of rotatable bonds is 3. The minimum absolute atomic E-state index is 0.697. The van der Waals surface area contributed by atoms with Crippen LogP contribution in [0.4, 0.5) is 13.2 Å². The number of alkyl halides is 3. The molecule has 1 unspecified atom stereocenters. The van der Waals surface area contributed by atoms with Crippen molar-refractivity contribution in [3.63, 3.8) is 0 Å². The highest BCUT2D eigenvalue weighted by Gasteiger charge is 2.36. The van der Waals surface area contributed by atoms with Crippen molar-refractivity contribution in [2.24, 2.45) is 0 Å². The molecule has 0 aromatic carbocycles. The molecule has 1 atom stereocenters. The van der Waals surface area contributed by atoms with Crippen LogP contribution in [0.2, 0.25) is 0 Å². The normalized spacial score (nSPS) is 15.7. The highest BCUT2D eigenvalue weighted by atomic mass is 19.3. The molecule has 0 aliphatic carbocycles. The molecule has 56 valence electrons. The van der Waals surface area contributed by atoms with Gasteiger partial charge in [0.25, 0.3) is 0 Å². The zero-order chi connectivity index (χ0) is 7.49. The smallest absolute Gasteiger partial charge is 0.384 e. The third-order valence-electron chi connectivity index (χ3n) is 0.759. The van der Waals surface area contributed by atoms with Crippen molar-refractivity contribution in [2.75, 3.05) is 6.61 Å². The first kappa shape index (κ1) is 8.71. The van der Waals surface area contributed by atoms with E-state index < -0.39 is 25.3 Å². The van der Waals surface area contributed by atoms with Crippen molar-refractivity contribution in [1.82, 2.24) is 0 Å². The third kappa shape index (κ3) is 3.31. The highest BCUT2D eigenvalue weighted by Crippen LogP contribution is 2.19. The van der Waals surface area contributed by atoms with Crippen LogP contribution in [0.5, 0.6) is 0 Å². The molecule has 0 aromatic heterocycles. The topological polar surface area (TPSA) is 40.5 Å².